The Kier molecular flexibility index (Phi) is 8.79. The molecule has 0 spiro atoms. The maximum atomic E-state index is 13.1. The molecule has 2 heterocycles. The van der Waals surface area contributed by atoms with Crippen LogP contribution in [0, 0.1) is 6.92 Å². The summed E-state index contributed by atoms with van der Waals surface area (Å²) in [7, 11) is 8.15. The zero-order chi connectivity index (χ0) is 28.1. The van der Waals surface area contributed by atoms with Crippen molar-refractivity contribution in [3.8, 4) is 0 Å². The highest BCUT2D eigenvalue weighted by Crippen LogP contribution is 2.26. The fourth-order valence-corrected chi connectivity index (χ4v) is 4.54. The van der Waals surface area contributed by atoms with Crippen LogP contribution in [-0.2, 0) is 11.0 Å². The Morgan fingerprint density at radius 1 is 0.974 bits per heavy atom. The zero-order valence-corrected chi connectivity index (χ0v) is 23.8. The molecule has 0 radical (unpaired) electrons. The van der Waals surface area contributed by atoms with Crippen LogP contribution in [0.15, 0.2) is 59.9 Å². The quantitative estimate of drug-likeness (QED) is 0.308. The second-order valence-electron chi connectivity index (χ2n) is 9.55. The molecule has 0 bridgehead atoms. The number of aromatic nitrogens is 4. The molecular formula is C27H33N9O2S. The second-order valence-corrected chi connectivity index (χ2v) is 11.2. The molecule has 2 aromatic carbocycles. The average Bonchev–Trinajstić information content (AvgIpc) is 2.92. The van der Waals surface area contributed by atoms with Gasteiger partial charge in [0, 0.05) is 37.1 Å². The van der Waals surface area contributed by atoms with Crippen LogP contribution in [0.4, 0.5) is 23.1 Å². The number of anilines is 4. The standard InChI is InChI=1S/C27H33N9O2S/c1-18-10-11-19(26(37)31-20-8-7-9-21(15-20)39(38)35(4)5)14-22(18)32-25-24-23(29-17-30-25)16-28-27(33-24)36(6)13-12-34(2)3/h7-11,14-17H,12-13H2,1-6H3,(H,31,37)(H,29,30,32). The Balaban J connectivity index is 1.58. The molecule has 0 aliphatic heterocycles. The Morgan fingerprint density at radius 3 is 2.51 bits per heavy atom. The lowest BCUT2D eigenvalue weighted by atomic mass is 10.1. The van der Waals surface area contributed by atoms with Crippen molar-refractivity contribution in [3.63, 3.8) is 0 Å². The van der Waals surface area contributed by atoms with Gasteiger partial charge in [-0.15, -0.1) is 0 Å². The Hall–Kier alpha value is -4.00. The number of likely N-dealkylation sites (N-methyl/N-ethyl adjacent to an activating group) is 2. The maximum absolute atomic E-state index is 13.1. The van der Waals surface area contributed by atoms with E-state index in [-0.39, 0.29) is 5.91 Å². The van der Waals surface area contributed by atoms with Gasteiger partial charge in [-0.3, -0.25) is 4.79 Å². The second kappa shape index (κ2) is 12.2. The van der Waals surface area contributed by atoms with Crippen LogP contribution in [0.2, 0.25) is 0 Å². The summed E-state index contributed by atoms with van der Waals surface area (Å²) in [6.45, 7) is 3.57. The smallest absolute Gasteiger partial charge is 0.255 e. The first-order valence-corrected chi connectivity index (χ1v) is 13.4. The summed E-state index contributed by atoms with van der Waals surface area (Å²) >= 11 is 0. The molecule has 0 fully saturated rings. The summed E-state index contributed by atoms with van der Waals surface area (Å²) in [5, 5.41) is 6.23. The van der Waals surface area contributed by atoms with Crippen molar-refractivity contribution in [1.82, 2.24) is 29.1 Å². The molecule has 0 aliphatic carbocycles. The SMILES string of the molecule is Cc1ccc(C(=O)Nc2cccc(S(=O)N(C)C)c2)cc1Nc1ncnc2cnc(N(C)CCN(C)C)nc12. The van der Waals surface area contributed by atoms with Gasteiger partial charge in [-0.05, 0) is 71.0 Å². The predicted octanol–water partition coefficient (Wildman–Crippen LogP) is 3.31. The minimum Gasteiger partial charge on any atom is -0.343 e. The van der Waals surface area contributed by atoms with E-state index in [9.17, 15) is 9.00 Å². The predicted molar refractivity (Wildman–Crippen MR) is 156 cm³/mol. The lowest BCUT2D eigenvalue weighted by Gasteiger charge is -2.20. The summed E-state index contributed by atoms with van der Waals surface area (Å²) in [6.07, 6.45) is 3.14. The van der Waals surface area contributed by atoms with Crippen molar-refractivity contribution in [2.45, 2.75) is 11.8 Å². The molecule has 2 N–H and O–H groups in total. The molecule has 0 aliphatic rings. The number of carbonyl (C=O) groups is 1. The zero-order valence-electron chi connectivity index (χ0n) is 23.0. The number of fused-ring (bicyclic) bond motifs is 1. The lowest BCUT2D eigenvalue weighted by molar-refractivity contribution is 0.102. The van der Waals surface area contributed by atoms with Gasteiger partial charge in [-0.25, -0.2) is 28.5 Å². The molecule has 0 saturated heterocycles. The number of nitrogens with zero attached hydrogens (tertiary/aromatic N) is 7. The van der Waals surface area contributed by atoms with Crippen molar-refractivity contribution >= 4 is 51.1 Å². The molecule has 4 aromatic rings. The molecule has 0 saturated carbocycles. The van der Waals surface area contributed by atoms with Crippen molar-refractivity contribution < 1.29 is 9.00 Å². The van der Waals surface area contributed by atoms with Crippen molar-refractivity contribution in [2.24, 2.45) is 0 Å². The van der Waals surface area contributed by atoms with Crippen LogP contribution in [-0.4, -0.2) is 87.6 Å². The van der Waals surface area contributed by atoms with E-state index >= 15 is 0 Å². The number of benzene rings is 2. The fourth-order valence-electron chi connectivity index (χ4n) is 3.69. The van der Waals surface area contributed by atoms with Crippen LogP contribution in [0.3, 0.4) is 0 Å². The van der Waals surface area contributed by atoms with E-state index in [1.807, 2.05) is 39.0 Å². The summed E-state index contributed by atoms with van der Waals surface area (Å²) in [5.74, 6) is 0.805. The van der Waals surface area contributed by atoms with Crippen molar-refractivity contribution in [3.05, 3.63) is 66.1 Å². The van der Waals surface area contributed by atoms with Crippen LogP contribution >= 0.6 is 0 Å². The molecule has 12 heteroatoms. The van der Waals surface area contributed by atoms with E-state index < -0.39 is 11.0 Å². The summed E-state index contributed by atoms with van der Waals surface area (Å²) in [5.41, 5.74) is 3.86. The third-order valence-electron chi connectivity index (χ3n) is 5.97. The topological polar surface area (TPSA) is 119 Å². The van der Waals surface area contributed by atoms with Gasteiger partial charge in [-0.2, -0.15) is 0 Å². The number of nitrogens with one attached hydrogen (secondary N) is 2. The summed E-state index contributed by atoms with van der Waals surface area (Å²) in [6, 6.07) is 12.4. The minimum atomic E-state index is -1.31. The summed E-state index contributed by atoms with van der Waals surface area (Å²) < 4.78 is 14.0. The van der Waals surface area contributed by atoms with Gasteiger partial charge in [-0.1, -0.05) is 12.1 Å². The van der Waals surface area contributed by atoms with E-state index in [0.29, 0.717) is 44.6 Å². The van der Waals surface area contributed by atoms with Crippen LogP contribution in [0.25, 0.3) is 11.0 Å². The number of hydrogen-bond donors (Lipinski definition) is 2. The largest absolute Gasteiger partial charge is 0.343 e. The van der Waals surface area contributed by atoms with E-state index in [1.54, 1.807) is 61.0 Å². The van der Waals surface area contributed by atoms with E-state index in [4.69, 9.17) is 4.98 Å². The average molecular weight is 548 g/mol. The van der Waals surface area contributed by atoms with Gasteiger partial charge in [0.15, 0.2) is 5.82 Å². The third-order valence-corrected chi connectivity index (χ3v) is 7.29. The van der Waals surface area contributed by atoms with Gasteiger partial charge in [0.2, 0.25) is 5.95 Å². The van der Waals surface area contributed by atoms with Gasteiger partial charge < -0.3 is 20.4 Å². The first kappa shape index (κ1) is 28.0. The molecule has 11 nitrogen and oxygen atoms in total. The van der Waals surface area contributed by atoms with E-state index in [2.05, 4.69) is 30.5 Å². The normalized spacial score (nSPS) is 12.1. The number of amides is 1. The molecule has 1 amide bonds. The summed E-state index contributed by atoms with van der Waals surface area (Å²) in [4.78, 5) is 35.7. The highest BCUT2D eigenvalue weighted by molar-refractivity contribution is 7.82. The van der Waals surface area contributed by atoms with Crippen LogP contribution in [0.5, 0.6) is 0 Å². The molecule has 204 valence electrons. The number of aryl methyl sites for hydroxylation is 1. The number of hydrogen-bond acceptors (Lipinski definition) is 9. The molecule has 1 atom stereocenters. The number of carbonyl (C=O) groups excluding carboxylic acids is 1. The molecule has 1 unspecified atom stereocenters. The fraction of sp³-hybridized carbons (Fsp3) is 0.296. The highest BCUT2D eigenvalue weighted by Gasteiger charge is 2.15. The number of rotatable bonds is 10. The molecule has 39 heavy (non-hydrogen) atoms. The third kappa shape index (κ3) is 6.91. The van der Waals surface area contributed by atoms with Gasteiger partial charge >= 0.3 is 0 Å². The van der Waals surface area contributed by atoms with Crippen molar-refractivity contribution in [1.29, 1.82) is 0 Å². The monoisotopic (exact) mass is 547 g/mol. The first-order valence-electron chi connectivity index (χ1n) is 12.3. The Morgan fingerprint density at radius 2 is 1.77 bits per heavy atom. The van der Waals surface area contributed by atoms with Crippen LogP contribution in [0.1, 0.15) is 15.9 Å². The van der Waals surface area contributed by atoms with Crippen LogP contribution < -0.4 is 15.5 Å². The van der Waals surface area contributed by atoms with Crippen molar-refractivity contribution in [2.75, 3.05) is 63.9 Å². The Bertz CT molecular complexity index is 1510. The first-order chi connectivity index (χ1) is 18.6. The highest BCUT2D eigenvalue weighted by atomic mass is 32.2. The molecule has 2 aromatic heterocycles. The minimum absolute atomic E-state index is 0.287. The van der Waals surface area contributed by atoms with Gasteiger partial charge in [0.1, 0.15) is 28.3 Å². The molecular weight excluding hydrogens is 514 g/mol. The Labute approximate surface area is 230 Å². The molecule has 4 rings (SSSR count). The lowest BCUT2D eigenvalue weighted by Crippen LogP contribution is -2.29. The van der Waals surface area contributed by atoms with E-state index in [1.165, 1.54) is 6.33 Å². The van der Waals surface area contributed by atoms with Gasteiger partial charge in [0.05, 0.1) is 11.1 Å². The maximum Gasteiger partial charge on any atom is 0.255 e. The van der Waals surface area contributed by atoms with Gasteiger partial charge in [0.25, 0.3) is 5.91 Å². The van der Waals surface area contributed by atoms with E-state index in [0.717, 1.165) is 18.7 Å².